The summed E-state index contributed by atoms with van der Waals surface area (Å²) < 4.78 is 24.0. The van der Waals surface area contributed by atoms with Crippen molar-refractivity contribution in [3.63, 3.8) is 0 Å². The summed E-state index contributed by atoms with van der Waals surface area (Å²) in [5.74, 6) is -0.805. The van der Waals surface area contributed by atoms with Crippen molar-refractivity contribution in [1.29, 1.82) is 0 Å². The number of halogens is 1. The van der Waals surface area contributed by atoms with E-state index >= 15 is 0 Å². The standard InChI is InChI=1S/C16H18FNO3S/c1-3-20-11(2)16-18-13(10-22-16)8-15(19)21-9-12-6-4-5-7-14(12)17/h4-7,10-11H,3,8-9H2,1-2H3. The van der Waals surface area contributed by atoms with Crippen molar-refractivity contribution in [2.45, 2.75) is 33.0 Å². The number of nitrogens with zero attached hydrogens (tertiary/aromatic N) is 1. The zero-order chi connectivity index (χ0) is 15.9. The van der Waals surface area contributed by atoms with Crippen LogP contribution in [0.4, 0.5) is 4.39 Å². The second-order valence-corrected chi connectivity index (χ2v) is 5.59. The fraction of sp³-hybridized carbons (Fsp3) is 0.375. The molecule has 118 valence electrons. The summed E-state index contributed by atoms with van der Waals surface area (Å²) in [4.78, 5) is 16.2. The van der Waals surface area contributed by atoms with E-state index in [0.717, 1.165) is 5.01 Å². The Morgan fingerprint density at radius 2 is 2.18 bits per heavy atom. The van der Waals surface area contributed by atoms with Gasteiger partial charge in [-0.3, -0.25) is 4.79 Å². The molecule has 6 heteroatoms. The lowest BCUT2D eigenvalue weighted by molar-refractivity contribution is -0.144. The highest BCUT2D eigenvalue weighted by molar-refractivity contribution is 7.09. The van der Waals surface area contributed by atoms with Crippen molar-refractivity contribution >= 4 is 17.3 Å². The van der Waals surface area contributed by atoms with E-state index in [0.29, 0.717) is 17.9 Å². The smallest absolute Gasteiger partial charge is 0.312 e. The molecule has 0 saturated carbocycles. The van der Waals surface area contributed by atoms with E-state index in [1.807, 2.05) is 19.2 Å². The first kappa shape index (κ1) is 16.6. The first-order chi connectivity index (χ1) is 10.6. The van der Waals surface area contributed by atoms with Crippen LogP contribution in [-0.2, 0) is 27.3 Å². The number of ether oxygens (including phenoxy) is 2. The molecule has 22 heavy (non-hydrogen) atoms. The van der Waals surface area contributed by atoms with Gasteiger partial charge in [0.2, 0.25) is 0 Å². The Morgan fingerprint density at radius 3 is 2.91 bits per heavy atom. The number of carbonyl (C=O) groups excluding carboxylic acids is 1. The van der Waals surface area contributed by atoms with Crippen LogP contribution in [0.15, 0.2) is 29.6 Å². The Hall–Kier alpha value is -1.79. The van der Waals surface area contributed by atoms with Gasteiger partial charge in [0, 0.05) is 17.6 Å². The lowest BCUT2D eigenvalue weighted by atomic mass is 10.2. The number of esters is 1. The Bertz CT molecular complexity index is 629. The van der Waals surface area contributed by atoms with Crippen LogP contribution in [0.25, 0.3) is 0 Å². The molecule has 0 aliphatic heterocycles. The predicted octanol–water partition coefficient (Wildman–Crippen LogP) is 3.67. The minimum Gasteiger partial charge on any atom is -0.460 e. The summed E-state index contributed by atoms with van der Waals surface area (Å²) in [5.41, 5.74) is 1.00. The molecule has 1 unspecified atom stereocenters. The molecule has 1 aromatic heterocycles. The Kier molecular flexibility index (Phi) is 6.03. The molecule has 0 radical (unpaired) electrons. The Labute approximate surface area is 132 Å². The third kappa shape index (κ3) is 4.61. The molecule has 2 aromatic rings. The second kappa shape index (κ2) is 8.00. The van der Waals surface area contributed by atoms with Crippen LogP contribution in [0, 0.1) is 5.82 Å². The predicted molar refractivity (Wildman–Crippen MR) is 82.1 cm³/mol. The maximum atomic E-state index is 13.4. The van der Waals surface area contributed by atoms with Crippen molar-refractivity contribution in [3.05, 3.63) is 51.7 Å². The number of rotatable bonds is 7. The number of hydrogen-bond donors (Lipinski definition) is 0. The lowest BCUT2D eigenvalue weighted by Crippen LogP contribution is -2.09. The summed E-state index contributed by atoms with van der Waals surface area (Å²) in [6, 6.07) is 6.23. The third-order valence-corrected chi connectivity index (χ3v) is 4.06. The van der Waals surface area contributed by atoms with Gasteiger partial charge in [0.05, 0.1) is 12.1 Å². The average Bonchev–Trinajstić information content (AvgIpc) is 2.95. The number of thiazole rings is 1. The zero-order valence-electron chi connectivity index (χ0n) is 12.5. The molecule has 4 nitrogen and oxygen atoms in total. The van der Waals surface area contributed by atoms with Gasteiger partial charge < -0.3 is 9.47 Å². The topological polar surface area (TPSA) is 48.4 Å². The molecular weight excluding hydrogens is 305 g/mol. The Balaban J connectivity index is 1.86. The molecule has 0 fully saturated rings. The fourth-order valence-corrected chi connectivity index (χ4v) is 2.71. The molecule has 0 spiro atoms. The molecule has 1 atom stereocenters. The van der Waals surface area contributed by atoms with E-state index in [9.17, 15) is 9.18 Å². The maximum absolute atomic E-state index is 13.4. The third-order valence-electron chi connectivity index (χ3n) is 3.01. The summed E-state index contributed by atoms with van der Waals surface area (Å²) in [6.45, 7) is 4.38. The number of aromatic nitrogens is 1. The zero-order valence-corrected chi connectivity index (χ0v) is 13.4. The summed E-state index contributed by atoms with van der Waals surface area (Å²) >= 11 is 1.45. The molecule has 0 aliphatic rings. The first-order valence-corrected chi connectivity index (χ1v) is 7.93. The minimum atomic E-state index is -0.427. The molecule has 1 heterocycles. The van der Waals surface area contributed by atoms with E-state index in [-0.39, 0.29) is 24.9 Å². The van der Waals surface area contributed by atoms with Crippen molar-refractivity contribution in [2.75, 3.05) is 6.61 Å². The number of hydrogen-bond acceptors (Lipinski definition) is 5. The summed E-state index contributed by atoms with van der Waals surface area (Å²) in [7, 11) is 0. The van der Waals surface area contributed by atoms with Gasteiger partial charge in [0.15, 0.2) is 0 Å². The van der Waals surface area contributed by atoms with Crippen LogP contribution in [0.2, 0.25) is 0 Å². The highest BCUT2D eigenvalue weighted by atomic mass is 32.1. The van der Waals surface area contributed by atoms with E-state index in [1.54, 1.807) is 18.2 Å². The molecule has 0 bridgehead atoms. The van der Waals surface area contributed by atoms with Gasteiger partial charge in [-0.25, -0.2) is 9.37 Å². The number of benzene rings is 1. The van der Waals surface area contributed by atoms with Crippen LogP contribution in [0.1, 0.15) is 36.2 Å². The van der Waals surface area contributed by atoms with Gasteiger partial charge in [-0.1, -0.05) is 18.2 Å². The molecule has 0 aliphatic carbocycles. The molecule has 0 saturated heterocycles. The second-order valence-electron chi connectivity index (χ2n) is 4.70. The fourth-order valence-electron chi connectivity index (χ4n) is 1.88. The van der Waals surface area contributed by atoms with Gasteiger partial charge in [0.1, 0.15) is 23.5 Å². The van der Waals surface area contributed by atoms with Crippen molar-refractivity contribution in [3.8, 4) is 0 Å². The SMILES string of the molecule is CCOC(C)c1nc(CC(=O)OCc2ccccc2F)cs1. The molecule has 1 aromatic carbocycles. The average molecular weight is 323 g/mol. The van der Waals surface area contributed by atoms with Crippen molar-refractivity contribution < 1.29 is 18.7 Å². The van der Waals surface area contributed by atoms with E-state index in [1.165, 1.54) is 17.4 Å². The van der Waals surface area contributed by atoms with Crippen LogP contribution in [0.5, 0.6) is 0 Å². The number of carbonyl (C=O) groups is 1. The summed E-state index contributed by atoms with van der Waals surface area (Å²) in [5, 5.41) is 2.65. The van der Waals surface area contributed by atoms with Crippen LogP contribution >= 0.6 is 11.3 Å². The largest absolute Gasteiger partial charge is 0.460 e. The van der Waals surface area contributed by atoms with Gasteiger partial charge in [-0.05, 0) is 19.9 Å². The maximum Gasteiger partial charge on any atom is 0.312 e. The van der Waals surface area contributed by atoms with Crippen LogP contribution in [-0.4, -0.2) is 17.6 Å². The van der Waals surface area contributed by atoms with Gasteiger partial charge in [0.25, 0.3) is 0 Å². The van der Waals surface area contributed by atoms with E-state index < -0.39 is 5.97 Å². The lowest BCUT2D eigenvalue weighted by Gasteiger charge is -2.07. The normalized spacial score (nSPS) is 12.1. The van der Waals surface area contributed by atoms with E-state index in [4.69, 9.17) is 9.47 Å². The van der Waals surface area contributed by atoms with E-state index in [2.05, 4.69) is 4.98 Å². The molecule has 0 N–H and O–H groups in total. The quantitative estimate of drug-likeness (QED) is 0.730. The van der Waals surface area contributed by atoms with Gasteiger partial charge >= 0.3 is 5.97 Å². The van der Waals surface area contributed by atoms with Crippen LogP contribution in [0.3, 0.4) is 0 Å². The van der Waals surface area contributed by atoms with Crippen molar-refractivity contribution in [2.24, 2.45) is 0 Å². The molecule has 2 rings (SSSR count). The summed E-state index contributed by atoms with van der Waals surface area (Å²) in [6.07, 6.45) is -0.0118. The molecule has 0 amide bonds. The monoisotopic (exact) mass is 323 g/mol. The Morgan fingerprint density at radius 1 is 1.41 bits per heavy atom. The van der Waals surface area contributed by atoms with Crippen molar-refractivity contribution in [1.82, 2.24) is 4.98 Å². The first-order valence-electron chi connectivity index (χ1n) is 7.05. The van der Waals surface area contributed by atoms with Gasteiger partial charge in [-0.2, -0.15) is 0 Å². The minimum absolute atomic E-state index is 0.0716. The molecular formula is C16H18FNO3S. The van der Waals surface area contributed by atoms with Gasteiger partial charge in [-0.15, -0.1) is 11.3 Å². The highest BCUT2D eigenvalue weighted by Crippen LogP contribution is 2.21. The highest BCUT2D eigenvalue weighted by Gasteiger charge is 2.13. The van der Waals surface area contributed by atoms with Crippen LogP contribution < -0.4 is 0 Å².